The van der Waals surface area contributed by atoms with Crippen molar-refractivity contribution in [2.45, 2.75) is 25.9 Å². The van der Waals surface area contributed by atoms with E-state index in [1.54, 1.807) is 19.1 Å². The molecule has 0 saturated carbocycles. The van der Waals surface area contributed by atoms with Gasteiger partial charge in [0.1, 0.15) is 5.69 Å². The largest absolute Gasteiger partial charge is 0.394 e. The molecule has 0 radical (unpaired) electrons. The number of benzene rings is 1. The van der Waals surface area contributed by atoms with Crippen LogP contribution in [0.25, 0.3) is 0 Å². The lowest BCUT2D eigenvalue weighted by Crippen LogP contribution is -2.37. The number of nitro groups is 1. The third kappa shape index (κ3) is 3.26. The molecule has 1 heterocycles. The highest BCUT2D eigenvalue weighted by atomic mass is 16.6. The number of hydrogen-bond donors (Lipinski definition) is 1. The van der Waals surface area contributed by atoms with E-state index < -0.39 is 0 Å². The van der Waals surface area contributed by atoms with E-state index in [1.165, 1.54) is 0 Å². The molecule has 0 bridgehead atoms. The van der Waals surface area contributed by atoms with Crippen molar-refractivity contribution in [3.8, 4) is 0 Å². The van der Waals surface area contributed by atoms with Gasteiger partial charge in [0, 0.05) is 18.7 Å². The lowest BCUT2D eigenvalue weighted by atomic mass is 10.1. The summed E-state index contributed by atoms with van der Waals surface area (Å²) in [6.07, 6.45) is 1.79. The van der Waals surface area contributed by atoms with E-state index in [2.05, 4.69) is 0 Å². The van der Waals surface area contributed by atoms with Gasteiger partial charge < -0.3 is 14.7 Å². The third-order valence-electron chi connectivity index (χ3n) is 3.63. The first-order chi connectivity index (χ1) is 9.63. The van der Waals surface area contributed by atoms with Gasteiger partial charge in [-0.3, -0.25) is 10.1 Å². The Balaban J connectivity index is 2.07. The molecule has 1 N–H and O–H groups in total. The Morgan fingerprint density at radius 2 is 2.15 bits per heavy atom. The van der Waals surface area contributed by atoms with Gasteiger partial charge in [-0.25, -0.2) is 0 Å². The van der Waals surface area contributed by atoms with Crippen LogP contribution in [0.3, 0.4) is 0 Å². The zero-order valence-corrected chi connectivity index (χ0v) is 11.6. The Bertz CT molecular complexity index is 470. The summed E-state index contributed by atoms with van der Waals surface area (Å²) in [5.41, 5.74) is 1.57. The van der Waals surface area contributed by atoms with Crippen LogP contribution in [0.15, 0.2) is 18.2 Å². The van der Waals surface area contributed by atoms with Gasteiger partial charge in [0.15, 0.2) is 0 Å². The lowest BCUT2D eigenvalue weighted by Gasteiger charge is -2.33. The maximum atomic E-state index is 11.2. The number of para-hydroxylation sites is 1. The predicted molar refractivity (Wildman–Crippen MR) is 76.1 cm³/mol. The number of anilines is 1. The molecule has 0 aromatic heterocycles. The van der Waals surface area contributed by atoms with Crippen molar-refractivity contribution in [3.05, 3.63) is 33.9 Å². The number of nitrogens with zero attached hydrogens (tertiary/aromatic N) is 2. The number of piperidine rings is 1. The number of ether oxygens (including phenoxy) is 1. The van der Waals surface area contributed by atoms with E-state index in [-0.39, 0.29) is 23.3 Å². The minimum atomic E-state index is -0.307. The van der Waals surface area contributed by atoms with Crippen molar-refractivity contribution in [2.75, 3.05) is 31.2 Å². The molecule has 1 aliphatic heterocycles. The Kier molecular flexibility index (Phi) is 4.92. The van der Waals surface area contributed by atoms with E-state index in [0.29, 0.717) is 17.9 Å². The van der Waals surface area contributed by atoms with Crippen LogP contribution in [0.1, 0.15) is 18.4 Å². The minimum absolute atomic E-state index is 0.0313. The average Bonchev–Trinajstić information content (AvgIpc) is 2.45. The lowest BCUT2D eigenvalue weighted by molar-refractivity contribution is -0.384. The smallest absolute Gasteiger partial charge is 0.295 e. The Hall–Kier alpha value is -1.66. The molecule has 6 nitrogen and oxygen atoms in total. The first kappa shape index (κ1) is 14.7. The summed E-state index contributed by atoms with van der Waals surface area (Å²) in [4.78, 5) is 13.0. The summed E-state index contributed by atoms with van der Waals surface area (Å²) in [5.74, 6) is 0. The maximum absolute atomic E-state index is 11.2. The average molecular weight is 280 g/mol. The van der Waals surface area contributed by atoms with Crippen molar-refractivity contribution in [1.29, 1.82) is 0 Å². The molecule has 0 atom stereocenters. The van der Waals surface area contributed by atoms with E-state index in [4.69, 9.17) is 9.84 Å². The molecule has 20 heavy (non-hydrogen) atoms. The molecular formula is C14H20N2O4. The monoisotopic (exact) mass is 280 g/mol. The molecule has 1 aromatic carbocycles. The second kappa shape index (κ2) is 6.67. The van der Waals surface area contributed by atoms with Gasteiger partial charge in [-0.15, -0.1) is 0 Å². The second-order valence-corrected chi connectivity index (χ2v) is 4.98. The zero-order valence-electron chi connectivity index (χ0n) is 11.6. The van der Waals surface area contributed by atoms with Crippen molar-refractivity contribution in [2.24, 2.45) is 0 Å². The van der Waals surface area contributed by atoms with Crippen LogP contribution in [0.2, 0.25) is 0 Å². The van der Waals surface area contributed by atoms with Gasteiger partial charge in [-0.05, 0) is 25.8 Å². The highest BCUT2D eigenvalue weighted by molar-refractivity contribution is 5.66. The van der Waals surface area contributed by atoms with E-state index in [1.807, 2.05) is 11.0 Å². The van der Waals surface area contributed by atoms with E-state index in [9.17, 15) is 10.1 Å². The van der Waals surface area contributed by atoms with Crippen LogP contribution < -0.4 is 4.90 Å². The molecule has 0 amide bonds. The molecule has 1 aromatic rings. The van der Waals surface area contributed by atoms with E-state index >= 15 is 0 Å². The quantitative estimate of drug-likeness (QED) is 0.658. The number of hydrogen-bond acceptors (Lipinski definition) is 5. The number of aryl methyl sites for hydroxylation is 1. The van der Waals surface area contributed by atoms with Crippen LogP contribution >= 0.6 is 0 Å². The first-order valence-corrected chi connectivity index (χ1v) is 6.85. The second-order valence-electron chi connectivity index (χ2n) is 4.98. The van der Waals surface area contributed by atoms with Gasteiger partial charge in [-0.1, -0.05) is 12.1 Å². The SMILES string of the molecule is Cc1cccc(N2CCC(OCCO)CC2)c1[N+](=O)[O-]. The highest BCUT2D eigenvalue weighted by Gasteiger charge is 2.26. The standard InChI is InChI=1S/C14H20N2O4/c1-11-3-2-4-13(14(11)16(18)19)15-7-5-12(6-8-15)20-10-9-17/h2-4,12,17H,5-10H2,1H3. The predicted octanol–water partition coefficient (Wildman–Crippen LogP) is 1.88. The number of aliphatic hydroxyl groups excluding tert-OH is 1. The van der Waals surface area contributed by atoms with Crippen molar-refractivity contribution < 1.29 is 14.8 Å². The van der Waals surface area contributed by atoms with Gasteiger partial charge in [-0.2, -0.15) is 0 Å². The molecule has 1 fully saturated rings. The minimum Gasteiger partial charge on any atom is -0.394 e. The van der Waals surface area contributed by atoms with Crippen LogP contribution in [0.5, 0.6) is 0 Å². The summed E-state index contributed by atoms with van der Waals surface area (Å²) in [5, 5.41) is 20.0. The van der Waals surface area contributed by atoms with Crippen LogP contribution in [-0.4, -0.2) is 42.4 Å². The molecule has 0 unspecified atom stereocenters. The summed E-state index contributed by atoms with van der Waals surface area (Å²) < 4.78 is 5.51. The van der Waals surface area contributed by atoms with Crippen LogP contribution in [-0.2, 0) is 4.74 Å². The van der Waals surface area contributed by atoms with E-state index in [0.717, 1.165) is 25.9 Å². The van der Waals surface area contributed by atoms with Crippen LogP contribution in [0, 0.1) is 17.0 Å². The van der Waals surface area contributed by atoms with Gasteiger partial charge >= 0.3 is 0 Å². The molecule has 110 valence electrons. The van der Waals surface area contributed by atoms with Gasteiger partial charge in [0.2, 0.25) is 0 Å². The summed E-state index contributed by atoms with van der Waals surface area (Å²) in [7, 11) is 0. The Morgan fingerprint density at radius 3 is 2.75 bits per heavy atom. The topological polar surface area (TPSA) is 75.8 Å². The normalized spacial score (nSPS) is 16.4. The maximum Gasteiger partial charge on any atom is 0.295 e. The first-order valence-electron chi connectivity index (χ1n) is 6.85. The third-order valence-corrected chi connectivity index (χ3v) is 3.63. The number of nitro benzene ring substituents is 1. The number of rotatable bonds is 5. The van der Waals surface area contributed by atoms with Crippen molar-refractivity contribution in [3.63, 3.8) is 0 Å². The molecule has 6 heteroatoms. The highest BCUT2D eigenvalue weighted by Crippen LogP contribution is 2.33. The zero-order chi connectivity index (χ0) is 14.5. The molecule has 1 aliphatic rings. The fourth-order valence-electron chi connectivity index (χ4n) is 2.62. The molecule has 0 aliphatic carbocycles. The van der Waals surface area contributed by atoms with Crippen LogP contribution in [0.4, 0.5) is 11.4 Å². The summed E-state index contributed by atoms with van der Waals surface area (Å²) >= 11 is 0. The number of aliphatic hydroxyl groups is 1. The fraction of sp³-hybridized carbons (Fsp3) is 0.571. The molecule has 1 saturated heterocycles. The van der Waals surface area contributed by atoms with Gasteiger partial charge in [0.05, 0.1) is 24.2 Å². The Morgan fingerprint density at radius 1 is 1.45 bits per heavy atom. The molecular weight excluding hydrogens is 260 g/mol. The summed E-state index contributed by atoms with van der Waals surface area (Å²) in [6, 6.07) is 5.42. The van der Waals surface area contributed by atoms with Gasteiger partial charge in [0.25, 0.3) is 5.69 Å². The molecule has 0 spiro atoms. The molecule has 2 rings (SSSR count). The van der Waals surface area contributed by atoms with Crippen molar-refractivity contribution >= 4 is 11.4 Å². The van der Waals surface area contributed by atoms with Crippen molar-refractivity contribution in [1.82, 2.24) is 0 Å². The Labute approximate surface area is 118 Å². The summed E-state index contributed by atoms with van der Waals surface area (Å²) in [6.45, 7) is 3.62. The fourth-order valence-corrected chi connectivity index (χ4v) is 2.62.